The molecule has 138 valence electrons. The molecule has 2 aliphatic heterocycles. The van der Waals surface area contributed by atoms with Crippen LogP contribution in [0.5, 0.6) is 0 Å². The molecule has 0 aromatic heterocycles. The second-order valence-electron chi connectivity index (χ2n) is 8.15. The molecule has 1 aromatic carbocycles. The Hall–Kier alpha value is -1.91. The van der Waals surface area contributed by atoms with Gasteiger partial charge in [-0.15, -0.1) is 0 Å². The monoisotopic (exact) mass is 345 g/mol. The van der Waals surface area contributed by atoms with Crippen molar-refractivity contribution in [3.63, 3.8) is 0 Å². The number of amides is 1. The zero-order chi connectivity index (χ0) is 17.9. The minimum Gasteiger partial charge on any atom is -0.444 e. The Balaban J connectivity index is 1.54. The summed E-state index contributed by atoms with van der Waals surface area (Å²) in [6.07, 6.45) is 4.46. The molecule has 25 heavy (non-hydrogen) atoms. The zero-order valence-electron chi connectivity index (χ0n) is 15.8. The fourth-order valence-electron chi connectivity index (χ4n) is 3.57. The van der Waals surface area contributed by atoms with Gasteiger partial charge in [0.05, 0.1) is 0 Å². The second kappa shape index (κ2) is 7.54. The number of carbonyl (C=O) groups excluding carboxylic acids is 1. The smallest absolute Gasteiger partial charge is 0.410 e. The van der Waals surface area contributed by atoms with Crippen LogP contribution in [0, 0.1) is 0 Å². The van der Waals surface area contributed by atoms with Crippen molar-refractivity contribution in [3.8, 4) is 0 Å². The molecule has 2 fully saturated rings. The molecule has 2 saturated heterocycles. The van der Waals surface area contributed by atoms with Gasteiger partial charge in [-0.05, 0) is 70.7 Å². The van der Waals surface area contributed by atoms with Crippen LogP contribution in [0.4, 0.5) is 16.2 Å². The van der Waals surface area contributed by atoms with Crippen LogP contribution in [0.15, 0.2) is 24.3 Å². The van der Waals surface area contributed by atoms with E-state index in [4.69, 9.17) is 4.74 Å². The van der Waals surface area contributed by atoms with Crippen LogP contribution in [0.1, 0.15) is 46.5 Å². The lowest BCUT2D eigenvalue weighted by Gasteiger charge is -2.34. The molecule has 0 radical (unpaired) electrons. The van der Waals surface area contributed by atoms with E-state index in [1.54, 1.807) is 0 Å². The van der Waals surface area contributed by atoms with Crippen molar-refractivity contribution in [2.24, 2.45) is 0 Å². The number of hydrogen-bond acceptors (Lipinski definition) is 4. The number of anilines is 2. The minimum atomic E-state index is -0.442. The Morgan fingerprint density at radius 1 is 1.08 bits per heavy atom. The van der Waals surface area contributed by atoms with Gasteiger partial charge in [0.15, 0.2) is 0 Å². The van der Waals surface area contributed by atoms with E-state index in [2.05, 4.69) is 34.5 Å². The van der Waals surface area contributed by atoms with Gasteiger partial charge in [-0.3, -0.25) is 0 Å². The molecular formula is C20H31N3O2. The standard InChI is InChI=1S/C20H31N3O2/c1-20(2,3)25-19(24)23-14-6-7-17(15-23)21-16-8-10-18(11-9-16)22-12-4-5-13-22/h8-11,17,21H,4-7,12-15H2,1-3H3. The van der Waals surface area contributed by atoms with Crippen molar-refractivity contribution in [1.29, 1.82) is 0 Å². The molecule has 1 amide bonds. The molecule has 0 saturated carbocycles. The minimum absolute atomic E-state index is 0.205. The maximum atomic E-state index is 12.3. The molecular weight excluding hydrogens is 314 g/mol. The van der Waals surface area contributed by atoms with Gasteiger partial charge in [0, 0.05) is 43.6 Å². The fraction of sp³-hybridized carbons (Fsp3) is 0.650. The molecule has 1 unspecified atom stereocenters. The highest BCUT2D eigenvalue weighted by atomic mass is 16.6. The number of ether oxygens (including phenoxy) is 1. The van der Waals surface area contributed by atoms with Gasteiger partial charge in [0.25, 0.3) is 0 Å². The third kappa shape index (κ3) is 5.03. The zero-order valence-corrected chi connectivity index (χ0v) is 15.8. The lowest BCUT2D eigenvalue weighted by atomic mass is 10.1. The molecule has 1 N–H and O–H groups in total. The molecule has 1 aromatic rings. The van der Waals surface area contributed by atoms with Crippen molar-refractivity contribution in [2.45, 2.75) is 58.1 Å². The number of piperidine rings is 1. The number of benzene rings is 1. The van der Waals surface area contributed by atoms with Gasteiger partial charge in [0.1, 0.15) is 5.60 Å². The first-order chi connectivity index (χ1) is 11.9. The van der Waals surface area contributed by atoms with Gasteiger partial charge < -0.3 is 19.9 Å². The summed E-state index contributed by atoms with van der Waals surface area (Å²) in [7, 11) is 0. The molecule has 0 spiro atoms. The van der Waals surface area contributed by atoms with Crippen LogP contribution >= 0.6 is 0 Å². The Bertz CT molecular complexity index is 574. The number of rotatable bonds is 3. The van der Waals surface area contributed by atoms with Crippen LogP contribution in [0.3, 0.4) is 0 Å². The predicted molar refractivity (Wildman–Crippen MR) is 102 cm³/mol. The highest BCUT2D eigenvalue weighted by Gasteiger charge is 2.27. The summed E-state index contributed by atoms with van der Waals surface area (Å²) in [5.41, 5.74) is 1.99. The average Bonchev–Trinajstić information content (AvgIpc) is 3.09. The van der Waals surface area contributed by atoms with Crippen molar-refractivity contribution < 1.29 is 9.53 Å². The molecule has 5 nitrogen and oxygen atoms in total. The SMILES string of the molecule is CC(C)(C)OC(=O)N1CCCC(Nc2ccc(N3CCCC3)cc2)C1. The van der Waals surface area contributed by atoms with Crippen LogP contribution in [0.25, 0.3) is 0 Å². The molecule has 2 aliphatic rings. The Morgan fingerprint density at radius 2 is 1.76 bits per heavy atom. The summed E-state index contributed by atoms with van der Waals surface area (Å²) in [5, 5.41) is 3.58. The van der Waals surface area contributed by atoms with E-state index in [1.807, 2.05) is 25.7 Å². The number of carbonyl (C=O) groups is 1. The Labute approximate surface area is 151 Å². The third-order valence-electron chi connectivity index (χ3n) is 4.78. The molecule has 0 aliphatic carbocycles. The van der Waals surface area contributed by atoms with Crippen molar-refractivity contribution >= 4 is 17.5 Å². The second-order valence-corrected chi connectivity index (χ2v) is 8.15. The molecule has 5 heteroatoms. The summed E-state index contributed by atoms with van der Waals surface area (Å²) in [4.78, 5) is 16.5. The first kappa shape index (κ1) is 17.9. The van der Waals surface area contributed by atoms with Gasteiger partial charge >= 0.3 is 6.09 Å². The van der Waals surface area contributed by atoms with E-state index in [1.165, 1.54) is 31.6 Å². The summed E-state index contributed by atoms with van der Waals surface area (Å²) >= 11 is 0. The highest BCUT2D eigenvalue weighted by molar-refractivity contribution is 5.68. The largest absolute Gasteiger partial charge is 0.444 e. The number of hydrogen-bond donors (Lipinski definition) is 1. The maximum absolute atomic E-state index is 12.3. The number of likely N-dealkylation sites (tertiary alicyclic amines) is 1. The summed E-state index contributed by atoms with van der Waals surface area (Å²) in [6, 6.07) is 8.98. The van der Waals surface area contributed by atoms with Crippen LogP contribution < -0.4 is 10.2 Å². The Morgan fingerprint density at radius 3 is 2.40 bits per heavy atom. The van der Waals surface area contributed by atoms with Crippen molar-refractivity contribution in [1.82, 2.24) is 4.90 Å². The molecule has 1 atom stereocenters. The van der Waals surface area contributed by atoms with E-state index in [9.17, 15) is 4.79 Å². The third-order valence-corrected chi connectivity index (χ3v) is 4.78. The fourth-order valence-corrected chi connectivity index (χ4v) is 3.57. The summed E-state index contributed by atoms with van der Waals surface area (Å²) in [6.45, 7) is 9.54. The Kier molecular flexibility index (Phi) is 5.40. The predicted octanol–water partition coefficient (Wildman–Crippen LogP) is 4.10. The first-order valence-corrected chi connectivity index (χ1v) is 9.50. The van der Waals surface area contributed by atoms with Crippen molar-refractivity contribution in [2.75, 3.05) is 36.4 Å². The van der Waals surface area contributed by atoms with Gasteiger partial charge in [-0.1, -0.05) is 0 Å². The average molecular weight is 345 g/mol. The normalized spacial score (nSPS) is 21.3. The summed E-state index contributed by atoms with van der Waals surface area (Å²) < 4.78 is 5.50. The van der Waals surface area contributed by atoms with E-state index >= 15 is 0 Å². The van der Waals surface area contributed by atoms with Crippen molar-refractivity contribution in [3.05, 3.63) is 24.3 Å². The van der Waals surface area contributed by atoms with E-state index in [0.717, 1.165) is 25.1 Å². The quantitative estimate of drug-likeness (QED) is 0.896. The summed E-state index contributed by atoms with van der Waals surface area (Å²) in [5.74, 6) is 0. The van der Waals surface area contributed by atoms with Gasteiger partial charge in [-0.25, -0.2) is 4.79 Å². The van der Waals surface area contributed by atoms with Crippen LogP contribution in [0.2, 0.25) is 0 Å². The number of nitrogens with one attached hydrogen (secondary N) is 1. The first-order valence-electron chi connectivity index (χ1n) is 9.50. The van der Waals surface area contributed by atoms with E-state index in [0.29, 0.717) is 6.54 Å². The van der Waals surface area contributed by atoms with Gasteiger partial charge in [0.2, 0.25) is 0 Å². The molecule has 0 bridgehead atoms. The number of nitrogens with zero attached hydrogens (tertiary/aromatic N) is 2. The topological polar surface area (TPSA) is 44.8 Å². The maximum Gasteiger partial charge on any atom is 0.410 e. The molecule has 3 rings (SSSR count). The lowest BCUT2D eigenvalue weighted by Crippen LogP contribution is -2.46. The van der Waals surface area contributed by atoms with E-state index < -0.39 is 5.60 Å². The highest BCUT2D eigenvalue weighted by Crippen LogP contribution is 2.24. The van der Waals surface area contributed by atoms with Crippen LogP contribution in [-0.2, 0) is 4.74 Å². The van der Waals surface area contributed by atoms with E-state index in [-0.39, 0.29) is 12.1 Å². The lowest BCUT2D eigenvalue weighted by molar-refractivity contribution is 0.0206. The van der Waals surface area contributed by atoms with Crippen LogP contribution in [-0.4, -0.2) is 48.8 Å². The molecule has 2 heterocycles. The van der Waals surface area contributed by atoms with Gasteiger partial charge in [-0.2, -0.15) is 0 Å².